The molecule has 1 heterocycles. The van der Waals surface area contributed by atoms with Crippen molar-refractivity contribution in [2.45, 2.75) is 52.1 Å². The molecule has 2 N–H and O–H groups in total. The third-order valence-electron chi connectivity index (χ3n) is 5.55. The van der Waals surface area contributed by atoms with Crippen LogP contribution in [0.5, 0.6) is 0 Å². The van der Waals surface area contributed by atoms with E-state index in [0.717, 1.165) is 11.3 Å². The third-order valence-corrected chi connectivity index (χ3v) is 5.89. The SMILES string of the molecule is CC(=O)NC(Cc1ccc(N(CCCl)CCCl)cc1)C(=O)NC(C(=O)ON1C(=O)CCC1=O)C(C)C. The van der Waals surface area contributed by atoms with Gasteiger partial charge in [0.2, 0.25) is 11.8 Å². The molecule has 0 aliphatic carbocycles. The molecule has 0 bridgehead atoms. The van der Waals surface area contributed by atoms with Crippen LogP contribution < -0.4 is 15.5 Å². The minimum absolute atomic E-state index is 0.0380. The van der Waals surface area contributed by atoms with Crippen molar-refractivity contribution in [1.82, 2.24) is 15.7 Å². The van der Waals surface area contributed by atoms with Crippen molar-refractivity contribution >= 4 is 58.5 Å². The fraction of sp³-hybridized carbons (Fsp3) is 0.542. The molecule has 198 valence electrons. The average molecular weight is 543 g/mol. The number of carbonyl (C=O) groups excluding carboxylic acids is 5. The first-order valence-electron chi connectivity index (χ1n) is 11.7. The van der Waals surface area contributed by atoms with Crippen molar-refractivity contribution in [2.75, 3.05) is 29.7 Å². The number of hydrogen-bond donors (Lipinski definition) is 2. The van der Waals surface area contributed by atoms with Crippen molar-refractivity contribution in [3.8, 4) is 0 Å². The molecule has 0 saturated carbocycles. The zero-order chi connectivity index (χ0) is 26.8. The Labute approximate surface area is 220 Å². The van der Waals surface area contributed by atoms with Crippen molar-refractivity contribution < 1.29 is 28.8 Å². The molecule has 1 fully saturated rings. The molecule has 10 nitrogen and oxygen atoms in total. The van der Waals surface area contributed by atoms with Crippen LogP contribution in [-0.2, 0) is 35.2 Å². The first-order chi connectivity index (χ1) is 17.1. The molecule has 0 radical (unpaired) electrons. The number of anilines is 1. The van der Waals surface area contributed by atoms with E-state index in [1.807, 2.05) is 29.2 Å². The number of nitrogens with zero attached hydrogens (tertiary/aromatic N) is 2. The van der Waals surface area contributed by atoms with Crippen molar-refractivity contribution in [3.05, 3.63) is 29.8 Å². The first kappa shape index (κ1) is 29.4. The van der Waals surface area contributed by atoms with Crippen molar-refractivity contribution in [1.29, 1.82) is 0 Å². The van der Waals surface area contributed by atoms with Gasteiger partial charge in [0.25, 0.3) is 11.8 Å². The molecular formula is C24H32Cl2N4O6. The quantitative estimate of drug-likeness (QED) is 0.287. The van der Waals surface area contributed by atoms with Crippen LogP contribution >= 0.6 is 23.2 Å². The average Bonchev–Trinajstić information content (AvgIpc) is 3.13. The molecule has 1 aliphatic rings. The van der Waals surface area contributed by atoms with Gasteiger partial charge in [0.15, 0.2) is 0 Å². The summed E-state index contributed by atoms with van der Waals surface area (Å²) in [6, 6.07) is 5.33. The highest BCUT2D eigenvalue weighted by atomic mass is 35.5. The molecule has 1 aromatic rings. The van der Waals surface area contributed by atoms with Gasteiger partial charge in [-0.3, -0.25) is 19.2 Å². The van der Waals surface area contributed by atoms with Crippen LogP contribution in [0, 0.1) is 5.92 Å². The monoisotopic (exact) mass is 542 g/mol. The second-order valence-corrected chi connectivity index (χ2v) is 9.47. The summed E-state index contributed by atoms with van der Waals surface area (Å²) in [4.78, 5) is 68.2. The number of hydrogen-bond acceptors (Lipinski definition) is 7. The van der Waals surface area contributed by atoms with Crippen LogP contribution in [0.1, 0.15) is 39.2 Å². The number of amides is 4. The lowest BCUT2D eigenvalue weighted by Crippen LogP contribution is -2.54. The van der Waals surface area contributed by atoms with Crippen LogP contribution in [0.4, 0.5) is 5.69 Å². The predicted octanol–water partition coefficient (Wildman–Crippen LogP) is 1.77. The second-order valence-electron chi connectivity index (χ2n) is 8.71. The zero-order valence-corrected chi connectivity index (χ0v) is 22.1. The fourth-order valence-corrected chi connectivity index (χ4v) is 4.07. The summed E-state index contributed by atoms with van der Waals surface area (Å²) in [6.45, 7) is 5.91. The second kappa shape index (κ2) is 14.0. The lowest BCUT2D eigenvalue weighted by atomic mass is 10.0. The zero-order valence-electron chi connectivity index (χ0n) is 20.6. The van der Waals surface area contributed by atoms with E-state index in [1.165, 1.54) is 6.92 Å². The van der Waals surface area contributed by atoms with Gasteiger partial charge in [-0.1, -0.05) is 26.0 Å². The lowest BCUT2D eigenvalue weighted by Gasteiger charge is -2.26. The number of benzene rings is 1. The number of hydroxylamine groups is 2. The molecule has 0 aromatic heterocycles. The molecule has 1 aliphatic heterocycles. The van der Waals surface area contributed by atoms with Crippen LogP contribution in [0.3, 0.4) is 0 Å². The van der Waals surface area contributed by atoms with Gasteiger partial charge in [-0.25, -0.2) is 4.79 Å². The molecule has 12 heteroatoms. The van der Waals surface area contributed by atoms with Crippen molar-refractivity contribution in [3.63, 3.8) is 0 Å². The number of imide groups is 1. The Bertz CT molecular complexity index is 934. The van der Waals surface area contributed by atoms with Crippen LogP contribution in [0.2, 0.25) is 0 Å². The highest BCUT2D eigenvalue weighted by Crippen LogP contribution is 2.18. The number of nitrogens with one attached hydrogen (secondary N) is 2. The van der Waals surface area contributed by atoms with Gasteiger partial charge in [-0.15, -0.1) is 28.3 Å². The lowest BCUT2D eigenvalue weighted by molar-refractivity contribution is -0.199. The minimum atomic E-state index is -1.14. The maximum absolute atomic E-state index is 13.1. The largest absolute Gasteiger partial charge is 0.369 e. The predicted molar refractivity (Wildman–Crippen MR) is 135 cm³/mol. The summed E-state index contributed by atoms with van der Waals surface area (Å²) in [5.74, 6) is -2.71. The van der Waals surface area contributed by atoms with E-state index in [1.54, 1.807) is 13.8 Å². The maximum Gasteiger partial charge on any atom is 0.355 e. The van der Waals surface area contributed by atoms with Gasteiger partial charge in [-0.2, -0.15) is 0 Å². The summed E-state index contributed by atoms with van der Waals surface area (Å²) < 4.78 is 0. The number of halogens is 2. The fourth-order valence-electron chi connectivity index (χ4n) is 3.66. The summed E-state index contributed by atoms with van der Waals surface area (Å²) in [6.07, 6.45) is 0.0904. The van der Waals surface area contributed by atoms with E-state index < -0.39 is 47.6 Å². The molecule has 36 heavy (non-hydrogen) atoms. The Balaban J connectivity index is 2.12. The number of rotatable bonds is 13. The Kier molecular flexibility index (Phi) is 11.5. The van der Waals surface area contributed by atoms with Crippen LogP contribution in [0.25, 0.3) is 0 Å². The van der Waals surface area contributed by atoms with Crippen molar-refractivity contribution in [2.24, 2.45) is 5.92 Å². The van der Waals surface area contributed by atoms with Gasteiger partial charge >= 0.3 is 5.97 Å². The van der Waals surface area contributed by atoms with Gasteiger partial charge in [0.05, 0.1) is 0 Å². The molecular weight excluding hydrogens is 511 g/mol. The Morgan fingerprint density at radius 3 is 2.03 bits per heavy atom. The molecule has 1 saturated heterocycles. The molecule has 4 amide bonds. The van der Waals surface area contributed by atoms with Gasteiger partial charge in [-0.05, 0) is 23.6 Å². The molecule has 2 unspecified atom stereocenters. The molecule has 2 rings (SSSR count). The number of carbonyl (C=O) groups is 5. The van der Waals surface area contributed by atoms with E-state index in [4.69, 9.17) is 28.0 Å². The van der Waals surface area contributed by atoms with E-state index >= 15 is 0 Å². The molecule has 0 spiro atoms. The van der Waals surface area contributed by atoms with E-state index in [0.29, 0.717) is 29.9 Å². The summed E-state index contributed by atoms with van der Waals surface area (Å²) in [5, 5.41) is 5.64. The first-order valence-corrected chi connectivity index (χ1v) is 12.7. The Morgan fingerprint density at radius 1 is 1.00 bits per heavy atom. The Hall–Kier alpha value is -2.85. The standard InChI is InChI=1S/C24H32Cl2N4O6/c1-15(2)22(24(35)36-30-20(32)8-9-21(30)33)28-23(34)19(27-16(3)31)14-17-4-6-18(7-5-17)29(12-10-25)13-11-26/h4-7,15,19,22H,8-14H2,1-3H3,(H,27,31)(H,28,34). The summed E-state index contributed by atoms with van der Waals surface area (Å²) in [7, 11) is 0. The third kappa shape index (κ3) is 8.37. The highest BCUT2D eigenvalue weighted by molar-refractivity contribution is 6.18. The van der Waals surface area contributed by atoms with E-state index in [-0.39, 0.29) is 19.3 Å². The summed E-state index contributed by atoms with van der Waals surface area (Å²) in [5.41, 5.74) is 1.70. The molecule has 2 atom stereocenters. The smallest absolute Gasteiger partial charge is 0.355 e. The van der Waals surface area contributed by atoms with E-state index in [2.05, 4.69) is 10.6 Å². The van der Waals surface area contributed by atoms with Crippen LogP contribution in [-0.4, -0.2) is 71.6 Å². The maximum atomic E-state index is 13.1. The number of alkyl halides is 2. The van der Waals surface area contributed by atoms with Gasteiger partial charge in [0, 0.05) is 56.7 Å². The van der Waals surface area contributed by atoms with E-state index in [9.17, 15) is 24.0 Å². The van der Waals surface area contributed by atoms with Gasteiger partial charge < -0.3 is 20.4 Å². The Morgan fingerprint density at radius 2 is 1.56 bits per heavy atom. The normalized spacial score (nSPS) is 15.0. The van der Waals surface area contributed by atoms with Gasteiger partial charge in [0.1, 0.15) is 12.1 Å². The summed E-state index contributed by atoms with van der Waals surface area (Å²) >= 11 is 11.7. The molecule has 1 aromatic carbocycles. The van der Waals surface area contributed by atoms with Crippen LogP contribution in [0.15, 0.2) is 24.3 Å². The minimum Gasteiger partial charge on any atom is -0.369 e. The topological polar surface area (TPSA) is 125 Å². The highest BCUT2D eigenvalue weighted by Gasteiger charge is 2.37.